The number of unbranched alkanes of at least 4 members (excludes halogenated alkanes) is 1. The first kappa shape index (κ1) is 24.8. The Kier molecular flexibility index (Phi) is 9.47. The average Bonchev–Trinajstić information content (AvgIpc) is 2.75. The summed E-state index contributed by atoms with van der Waals surface area (Å²) >= 11 is 7.55. The van der Waals surface area contributed by atoms with Gasteiger partial charge in [0.05, 0.1) is 23.6 Å². The van der Waals surface area contributed by atoms with Crippen LogP contribution in [0.1, 0.15) is 30.1 Å². The van der Waals surface area contributed by atoms with Crippen LogP contribution in [0.5, 0.6) is 5.75 Å². The second-order valence-electron chi connectivity index (χ2n) is 6.36. The Hall–Kier alpha value is -2.43. The van der Waals surface area contributed by atoms with Crippen molar-refractivity contribution in [3.05, 3.63) is 53.1 Å². The highest BCUT2D eigenvalue weighted by Gasteiger charge is 2.22. The second-order valence-corrected chi connectivity index (χ2v) is 9.52. The van der Waals surface area contributed by atoms with Crippen molar-refractivity contribution in [1.29, 1.82) is 0 Å². The number of thioether (sulfide) groups is 1. The number of anilines is 1. The number of rotatable bonds is 10. The second kappa shape index (κ2) is 11.8. The van der Waals surface area contributed by atoms with Crippen molar-refractivity contribution in [3.63, 3.8) is 0 Å². The highest BCUT2D eigenvalue weighted by atomic mass is 35.5. The first-order chi connectivity index (χ1) is 14.8. The number of carbonyl (C=O) groups is 2. The van der Waals surface area contributed by atoms with Gasteiger partial charge in [-0.1, -0.05) is 37.1 Å². The molecule has 31 heavy (non-hydrogen) atoms. The van der Waals surface area contributed by atoms with E-state index in [-0.39, 0.29) is 32.8 Å². The summed E-state index contributed by atoms with van der Waals surface area (Å²) in [6.45, 7) is 2.06. The average molecular weight is 486 g/mol. The highest BCUT2D eigenvalue weighted by molar-refractivity contribution is 7.99. The van der Waals surface area contributed by atoms with Crippen LogP contribution in [0.2, 0.25) is 5.02 Å². The van der Waals surface area contributed by atoms with Crippen molar-refractivity contribution >= 4 is 50.9 Å². The van der Waals surface area contributed by atoms with Crippen LogP contribution in [0.3, 0.4) is 0 Å². The summed E-state index contributed by atoms with van der Waals surface area (Å²) in [5, 5.41) is -0.0599. The Morgan fingerprint density at radius 3 is 2.58 bits per heavy atom. The molecule has 0 saturated heterocycles. The number of hydrogen-bond donors (Lipinski definition) is 3. The number of hydrogen-bond acceptors (Lipinski definition) is 6. The van der Waals surface area contributed by atoms with E-state index in [0.29, 0.717) is 5.75 Å². The molecule has 0 aromatic heterocycles. The Balaban J connectivity index is 2.10. The number of para-hydroxylation sites is 2. The summed E-state index contributed by atoms with van der Waals surface area (Å²) in [5.74, 6) is 0.376. The maximum atomic E-state index is 12.8. The molecule has 0 unspecified atom stereocenters. The van der Waals surface area contributed by atoms with Crippen LogP contribution >= 0.6 is 23.4 Å². The van der Waals surface area contributed by atoms with Crippen molar-refractivity contribution in [2.45, 2.75) is 24.7 Å². The first-order valence-electron chi connectivity index (χ1n) is 9.40. The molecule has 0 heterocycles. The molecule has 2 aromatic rings. The molecule has 0 fully saturated rings. The monoisotopic (exact) mass is 485 g/mol. The molecule has 8 nitrogen and oxygen atoms in total. The minimum Gasteiger partial charge on any atom is -0.495 e. The third-order valence-corrected chi connectivity index (χ3v) is 6.92. The fourth-order valence-corrected chi connectivity index (χ4v) is 4.92. The van der Waals surface area contributed by atoms with Gasteiger partial charge in [-0.15, -0.1) is 0 Å². The molecule has 11 heteroatoms. The minimum absolute atomic E-state index is 0.0173. The van der Waals surface area contributed by atoms with E-state index < -0.39 is 15.9 Å². The summed E-state index contributed by atoms with van der Waals surface area (Å²) < 4.78 is 33.2. The number of sulfonamides is 1. The molecule has 0 saturated carbocycles. The van der Waals surface area contributed by atoms with Gasteiger partial charge < -0.3 is 4.74 Å². The summed E-state index contributed by atoms with van der Waals surface area (Å²) in [7, 11) is -2.70. The maximum absolute atomic E-state index is 12.8. The number of amides is 2. The summed E-state index contributed by atoms with van der Waals surface area (Å²) in [5.41, 5.74) is 4.83. The van der Waals surface area contributed by atoms with Gasteiger partial charge in [-0.3, -0.25) is 25.2 Å². The van der Waals surface area contributed by atoms with E-state index >= 15 is 0 Å². The van der Waals surface area contributed by atoms with E-state index in [1.165, 1.54) is 37.1 Å². The topological polar surface area (TPSA) is 114 Å². The molecule has 0 spiro atoms. The number of halogens is 1. The lowest BCUT2D eigenvalue weighted by atomic mass is 10.2. The molecular formula is C20H24ClN3O5S2. The minimum atomic E-state index is -4.11. The number of benzene rings is 2. The fourth-order valence-electron chi connectivity index (χ4n) is 2.43. The van der Waals surface area contributed by atoms with E-state index in [2.05, 4.69) is 22.5 Å². The molecule has 0 atom stereocenters. The molecule has 0 radical (unpaired) electrons. The SMILES string of the molecule is CCCCSCC(=O)NNC(=O)c1ccc(Cl)c(S(=O)(=O)Nc2ccccc2OC)c1. The third kappa shape index (κ3) is 7.34. The Bertz CT molecular complexity index is 1030. The van der Waals surface area contributed by atoms with E-state index in [1.54, 1.807) is 18.2 Å². The molecular weight excluding hydrogens is 462 g/mol. The normalized spacial score (nSPS) is 10.9. The van der Waals surface area contributed by atoms with Crippen molar-refractivity contribution in [3.8, 4) is 5.75 Å². The number of carbonyl (C=O) groups excluding carboxylic acids is 2. The first-order valence-corrected chi connectivity index (χ1v) is 12.4. The van der Waals surface area contributed by atoms with Crippen LogP contribution in [-0.2, 0) is 14.8 Å². The lowest BCUT2D eigenvalue weighted by molar-refractivity contribution is -0.119. The smallest absolute Gasteiger partial charge is 0.269 e. The van der Waals surface area contributed by atoms with Crippen molar-refractivity contribution in [2.75, 3.05) is 23.3 Å². The zero-order valence-corrected chi connectivity index (χ0v) is 19.5. The van der Waals surface area contributed by atoms with Crippen molar-refractivity contribution < 1.29 is 22.7 Å². The molecule has 168 valence electrons. The molecule has 0 aliphatic carbocycles. The molecule has 2 amide bonds. The molecule has 0 aliphatic rings. The predicted octanol–water partition coefficient (Wildman–Crippen LogP) is 3.44. The predicted molar refractivity (Wildman–Crippen MR) is 123 cm³/mol. The van der Waals surface area contributed by atoms with Crippen LogP contribution < -0.4 is 20.3 Å². The van der Waals surface area contributed by atoms with Crippen LogP contribution in [0.15, 0.2) is 47.4 Å². The van der Waals surface area contributed by atoms with Gasteiger partial charge in [0.2, 0.25) is 5.91 Å². The third-order valence-electron chi connectivity index (χ3n) is 4.03. The lowest BCUT2D eigenvalue weighted by Gasteiger charge is -2.13. The van der Waals surface area contributed by atoms with Crippen LogP contribution in [0, 0.1) is 0 Å². The van der Waals surface area contributed by atoms with Gasteiger partial charge in [-0.25, -0.2) is 8.42 Å². The van der Waals surface area contributed by atoms with E-state index in [4.69, 9.17) is 16.3 Å². The lowest BCUT2D eigenvalue weighted by Crippen LogP contribution is -2.42. The van der Waals surface area contributed by atoms with E-state index in [1.807, 2.05) is 0 Å². The largest absolute Gasteiger partial charge is 0.495 e. The molecule has 2 aromatic carbocycles. The van der Waals surface area contributed by atoms with E-state index in [0.717, 1.165) is 24.7 Å². The van der Waals surface area contributed by atoms with Crippen molar-refractivity contribution in [1.82, 2.24) is 10.9 Å². The zero-order valence-electron chi connectivity index (χ0n) is 17.1. The Morgan fingerprint density at radius 1 is 1.13 bits per heavy atom. The zero-order chi connectivity index (χ0) is 22.9. The van der Waals surface area contributed by atoms with E-state index in [9.17, 15) is 18.0 Å². The van der Waals surface area contributed by atoms with Gasteiger partial charge in [0, 0.05) is 5.56 Å². The van der Waals surface area contributed by atoms with Gasteiger partial charge in [-0.05, 0) is 42.5 Å². The number of hydrazine groups is 1. The standard InChI is InChI=1S/C20H24ClN3O5S2/c1-3-4-11-30-13-19(25)22-23-20(26)14-9-10-15(21)18(12-14)31(27,28)24-16-7-5-6-8-17(16)29-2/h5-10,12,24H,3-4,11,13H2,1-2H3,(H,22,25)(H,23,26). The summed E-state index contributed by atoms with van der Waals surface area (Å²) in [6.07, 6.45) is 2.05. The summed E-state index contributed by atoms with van der Waals surface area (Å²) in [6, 6.07) is 10.3. The Labute approximate surface area is 191 Å². The highest BCUT2D eigenvalue weighted by Crippen LogP contribution is 2.29. The Morgan fingerprint density at radius 2 is 1.87 bits per heavy atom. The number of nitrogens with one attached hydrogen (secondary N) is 3. The number of methoxy groups -OCH3 is 1. The number of ether oxygens (including phenoxy) is 1. The fraction of sp³-hybridized carbons (Fsp3) is 0.300. The molecule has 0 aliphatic heterocycles. The van der Waals surface area contributed by atoms with Crippen molar-refractivity contribution in [2.24, 2.45) is 0 Å². The van der Waals surface area contributed by atoms with Crippen LogP contribution in [-0.4, -0.2) is 38.8 Å². The molecule has 3 N–H and O–H groups in total. The molecule has 2 rings (SSSR count). The molecule has 0 bridgehead atoms. The maximum Gasteiger partial charge on any atom is 0.269 e. The van der Waals surface area contributed by atoms with Crippen LogP contribution in [0.25, 0.3) is 0 Å². The summed E-state index contributed by atoms with van der Waals surface area (Å²) in [4.78, 5) is 23.9. The van der Waals surface area contributed by atoms with Gasteiger partial charge >= 0.3 is 0 Å². The van der Waals surface area contributed by atoms with Gasteiger partial charge in [0.1, 0.15) is 10.6 Å². The van der Waals surface area contributed by atoms with Crippen LogP contribution in [0.4, 0.5) is 5.69 Å². The van der Waals surface area contributed by atoms with Gasteiger partial charge in [0.15, 0.2) is 0 Å². The van der Waals surface area contributed by atoms with Gasteiger partial charge in [0.25, 0.3) is 15.9 Å². The van der Waals surface area contributed by atoms with Gasteiger partial charge in [-0.2, -0.15) is 11.8 Å². The quantitative estimate of drug-likeness (QED) is 0.351.